The molecule has 2 aromatic carbocycles. The van der Waals surface area contributed by atoms with E-state index in [-0.39, 0.29) is 6.03 Å². The summed E-state index contributed by atoms with van der Waals surface area (Å²) in [7, 11) is 0. The van der Waals surface area contributed by atoms with Gasteiger partial charge in [-0.1, -0.05) is 41.9 Å². The number of amides is 2. The third-order valence-electron chi connectivity index (χ3n) is 3.91. The number of nitrogens with one attached hydrogen (secondary N) is 2. The summed E-state index contributed by atoms with van der Waals surface area (Å²) in [6, 6.07) is 17.7. The smallest absolute Gasteiger partial charge is 0.315 e. The Morgan fingerprint density at radius 3 is 2.62 bits per heavy atom. The summed E-state index contributed by atoms with van der Waals surface area (Å²) in [5, 5.41) is 7.66. The van der Waals surface area contributed by atoms with Gasteiger partial charge in [0.1, 0.15) is 0 Å². The van der Waals surface area contributed by atoms with Gasteiger partial charge in [0, 0.05) is 36.4 Å². The van der Waals surface area contributed by atoms with Crippen LogP contribution >= 0.6 is 11.6 Å². The van der Waals surface area contributed by atoms with E-state index in [4.69, 9.17) is 11.6 Å². The zero-order valence-corrected chi connectivity index (χ0v) is 14.1. The molecule has 3 rings (SSSR count). The molecule has 0 unspecified atom stereocenters. The van der Waals surface area contributed by atoms with Gasteiger partial charge in [0.05, 0.1) is 0 Å². The average molecular weight is 342 g/mol. The van der Waals surface area contributed by atoms with Gasteiger partial charge in [0.15, 0.2) is 0 Å². The highest BCUT2D eigenvalue weighted by atomic mass is 35.5. The molecule has 5 heteroatoms. The lowest BCUT2D eigenvalue weighted by atomic mass is 10.2. The van der Waals surface area contributed by atoms with Crippen LogP contribution in [0.3, 0.4) is 0 Å². The second-order valence-electron chi connectivity index (χ2n) is 5.66. The van der Waals surface area contributed by atoms with Gasteiger partial charge in [0.25, 0.3) is 0 Å². The molecule has 0 radical (unpaired) electrons. The van der Waals surface area contributed by atoms with E-state index in [1.165, 1.54) is 10.9 Å². The number of hydrogen-bond acceptors (Lipinski definition) is 1. The molecule has 0 bridgehead atoms. The molecule has 3 aromatic rings. The Morgan fingerprint density at radius 2 is 1.79 bits per heavy atom. The molecule has 2 N–H and O–H groups in total. The first-order valence-electron chi connectivity index (χ1n) is 8.02. The molecule has 0 saturated heterocycles. The molecule has 0 spiro atoms. The van der Waals surface area contributed by atoms with Crippen LogP contribution in [0.4, 0.5) is 4.79 Å². The molecule has 1 aromatic heterocycles. The number of para-hydroxylation sites is 1. The Balaban J connectivity index is 1.38. The summed E-state index contributed by atoms with van der Waals surface area (Å²) >= 11 is 5.84. The Morgan fingerprint density at radius 1 is 1.00 bits per heavy atom. The van der Waals surface area contributed by atoms with Crippen LogP contribution in [0.25, 0.3) is 10.9 Å². The number of fused-ring (bicyclic) bond motifs is 1. The van der Waals surface area contributed by atoms with Gasteiger partial charge in [0.2, 0.25) is 0 Å². The van der Waals surface area contributed by atoms with Crippen molar-refractivity contribution in [2.45, 2.75) is 19.5 Å². The van der Waals surface area contributed by atoms with Crippen molar-refractivity contribution in [3.63, 3.8) is 0 Å². The predicted molar refractivity (Wildman–Crippen MR) is 98.2 cm³/mol. The molecule has 1 heterocycles. The van der Waals surface area contributed by atoms with Gasteiger partial charge in [-0.25, -0.2) is 4.79 Å². The normalized spacial score (nSPS) is 10.7. The first-order chi connectivity index (χ1) is 11.7. The largest absolute Gasteiger partial charge is 0.347 e. The molecular formula is C19H20ClN3O. The fourth-order valence-corrected chi connectivity index (χ4v) is 2.76. The Labute approximate surface area is 146 Å². The van der Waals surface area contributed by atoms with Gasteiger partial charge in [-0.15, -0.1) is 0 Å². The van der Waals surface area contributed by atoms with Crippen molar-refractivity contribution < 1.29 is 4.79 Å². The number of carbonyl (C=O) groups is 1. The maximum atomic E-state index is 11.8. The van der Waals surface area contributed by atoms with Crippen molar-refractivity contribution in [2.75, 3.05) is 6.54 Å². The molecule has 0 atom stereocenters. The van der Waals surface area contributed by atoms with E-state index in [1.807, 2.05) is 36.4 Å². The predicted octanol–water partition coefficient (Wildman–Crippen LogP) is 4.18. The molecule has 0 aliphatic carbocycles. The second-order valence-corrected chi connectivity index (χ2v) is 6.09. The average Bonchev–Trinajstić information content (AvgIpc) is 3.01. The Hall–Kier alpha value is -2.46. The maximum absolute atomic E-state index is 11.8. The van der Waals surface area contributed by atoms with Gasteiger partial charge in [-0.05, 0) is 41.6 Å². The number of carbonyl (C=O) groups excluding carboxylic acids is 1. The highest BCUT2D eigenvalue weighted by Gasteiger charge is 2.02. The van der Waals surface area contributed by atoms with Crippen LogP contribution in [0.5, 0.6) is 0 Å². The molecule has 4 nitrogen and oxygen atoms in total. The lowest BCUT2D eigenvalue weighted by Gasteiger charge is -2.09. The summed E-state index contributed by atoms with van der Waals surface area (Å²) in [4.78, 5) is 11.8. The van der Waals surface area contributed by atoms with E-state index >= 15 is 0 Å². The molecule has 24 heavy (non-hydrogen) atoms. The van der Waals surface area contributed by atoms with Crippen LogP contribution < -0.4 is 10.6 Å². The summed E-state index contributed by atoms with van der Waals surface area (Å²) in [6.07, 6.45) is 2.97. The fraction of sp³-hybridized carbons (Fsp3) is 0.211. The monoisotopic (exact) mass is 341 g/mol. The van der Waals surface area contributed by atoms with Crippen molar-refractivity contribution in [1.82, 2.24) is 15.2 Å². The van der Waals surface area contributed by atoms with E-state index in [1.54, 1.807) is 0 Å². The number of urea groups is 1. The van der Waals surface area contributed by atoms with Gasteiger partial charge in [-0.2, -0.15) is 0 Å². The zero-order valence-electron chi connectivity index (χ0n) is 13.3. The fourth-order valence-electron chi connectivity index (χ4n) is 2.63. The van der Waals surface area contributed by atoms with Crippen molar-refractivity contribution >= 4 is 28.5 Å². The van der Waals surface area contributed by atoms with E-state index < -0.39 is 0 Å². The van der Waals surface area contributed by atoms with E-state index in [0.717, 1.165) is 18.5 Å². The van der Waals surface area contributed by atoms with Crippen LogP contribution in [0.1, 0.15) is 12.0 Å². The minimum absolute atomic E-state index is 0.151. The molecule has 0 saturated carbocycles. The van der Waals surface area contributed by atoms with Crippen LogP contribution in [0.15, 0.2) is 60.8 Å². The number of nitrogens with zero attached hydrogens (tertiary/aromatic N) is 1. The summed E-state index contributed by atoms with van der Waals surface area (Å²) in [5.74, 6) is 0. The number of halogens is 1. The maximum Gasteiger partial charge on any atom is 0.315 e. The quantitative estimate of drug-likeness (QED) is 0.649. The lowest BCUT2D eigenvalue weighted by molar-refractivity contribution is 0.240. The minimum Gasteiger partial charge on any atom is -0.347 e. The van der Waals surface area contributed by atoms with E-state index in [9.17, 15) is 4.79 Å². The second kappa shape index (κ2) is 7.88. The molecule has 2 amide bonds. The standard InChI is InChI=1S/C19H20ClN3O/c20-17-8-6-15(7-9-17)14-22-19(24)21-11-3-12-23-13-10-16-4-1-2-5-18(16)23/h1-2,4-10,13H,3,11-12,14H2,(H2,21,22,24). The first-order valence-corrected chi connectivity index (χ1v) is 8.40. The van der Waals surface area contributed by atoms with Crippen LogP contribution in [0, 0.1) is 0 Å². The highest BCUT2D eigenvalue weighted by molar-refractivity contribution is 6.30. The van der Waals surface area contributed by atoms with Crippen LogP contribution in [0.2, 0.25) is 5.02 Å². The topological polar surface area (TPSA) is 46.1 Å². The zero-order chi connectivity index (χ0) is 16.8. The van der Waals surface area contributed by atoms with E-state index in [2.05, 4.69) is 39.6 Å². The minimum atomic E-state index is -0.151. The number of benzene rings is 2. The van der Waals surface area contributed by atoms with Crippen molar-refractivity contribution in [2.24, 2.45) is 0 Å². The van der Waals surface area contributed by atoms with Gasteiger partial charge in [-0.3, -0.25) is 0 Å². The number of aromatic nitrogens is 1. The Kier molecular flexibility index (Phi) is 5.39. The third-order valence-corrected chi connectivity index (χ3v) is 4.16. The van der Waals surface area contributed by atoms with Crippen molar-refractivity contribution in [3.8, 4) is 0 Å². The molecular weight excluding hydrogens is 322 g/mol. The summed E-state index contributed by atoms with van der Waals surface area (Å²) in [5.41, 5.74) is 2.25. The van der Waals surface area contributed by atoms with E-state index in [0.29, 0.717) is 18.1 Å². The van der Waals surface area contributed by atoms with Gasteiger partial charge >= 0.3 is 6.03 Å². The van der Waals surface area contributed by atoms with Crippen molar-refractivity contribution in [1.29, 1.82) is 0 Å². The SMILES string of the molecule is O=C(NCCCn1ccc2ccccc21)NCc1ccc(Cl)cc1. The molecule has 124 valence electrons. The Bertz CT molecular complexity index is 811. The van der Waals surface area contributed by atoms with Crippen molar-refractivity contribution in [3.05, 3.63) is 71.4 Å². The molecule has 0 aliphatic rings. The number of rotatable bonds is 6. The highest BCUT2D eigenvalue weighted by Crippen LogP contribution is 2.15. The van der Waals surface area contributed by atoms with Crippen LogP contribution in [-0.4, -0.2) is 17.1 Å². The third kappa shape index (κ3) is 4.30. The van der Waals surface area contributed by atoms with Gasteiger partial charge < -0.3 is 15.2 Å². The summed E-state index contributed by atoms with van der Waals surface area (Å²) in [6.45, 7) is 2.01. The lowest BCUT2D eigenvalue weighted by Crippen LogP contribution is -2.35. The number of hydrogen-bond donors (Lipinski definition) is 2. The summed E-state index contributed by atoms with van der Waals surface area (Å²) < 4.78 is 2.21. The number of aryl methyl sites for hydroxylation is 1. The molecule has 0 aliphatic heterocycles. The van der Waals surface area contributed by atoms with Crippen LogP contribution in [-0.2, 0) is 13.1 Å². The molecule has 0 fully saturated rings. The first kappa shape index (κ1) is 16.4.